The van der Waals surface area contributed by atoms with Gasteiger partial charge in [0.05, 0.1) is 6.61 Å². The number of rotatable bonds is 5. The van der Waals surface area contributed by atoms with E-state index < -0.39 is 0 Å². The average molecular weight is 382 g/mol. The lowest BCUT2D eigenvalue weighted by Gasteiger charge is -2.18. The second-order valence-electron chi connectivity index (χ2n) is 7.38. The summed E-state index contributed by atoms with van der Waals surface area (Å²) in [4.78, 5) is 16.2. The fourth-order valence-corrected chi connectivity index (χ4v) is 4.10. The number of hydrogen-bond acceptors (Lipinski definition) is 2. The molecule has 3 aromatic carbocycles. The zero-order valence-electron chi connectivity index (χ0n) is 16.0. The topological polar surface area (TPSA) is 54.1 Å². The molecule has 2 N–H and O–H groups in total. The van der Waals surface area contributed by atoms with E-state index in [4.69, 9.17) is 4.74 Å². The van der Waals surface area contributed by atoms with Gasteiger partial charge < -0.3 is 15.0 Å². The van der Waals surface area contributed by atoms with Gasteiger partial charge in [-0.25, -0.2) is 0 Å². The highest BCUT2D eigenvalue weighted by Gasteiger charge is 2.20. The van der Waals surface area contributed by atoms with E-state index >= 15 is 0 Å². The maximum absolute atomic E-state index is 12.9. The Balaban J connectivity index is 1.42. The zero-order chi connectivity index (χ0) is 19.6. The van der Waals surface area contributed by atoms with Crippen molar-refractivity contribution in [3.05, 3.63) is 101 Å². The van der Waals surface area contributed by atoms with Gasteiger partial charge >= 0.3 is 0 Å². The number of H-pyrrole nitrogens is 1. The molecule has 4 aromatic rings. The van der Waals surface area contributed by atoms with Crippen LogP contribution in [0.5, 0.6) is 5.75 Å². The molecule has 1 aromatic heterocycles. The number of ether oxygens (including phenoxy) is 1. The first-order valence-corrected chi connectivity index (χ1v) is 9.94. The number of fused-ring (bicyclic) bond motifs is 2. The molecular formula is C25H22N2O2. The zero-order valence-corrected chi connectivity index (χ0v) is 16.0. The number of para-hydroxylation sites is 1. The molecular weight excluding hydrogens is 360 g/mol. The van der Waals surface area contributed by atoms with Crippen molar-refractivity contribution in [1.29, 1.82) is 0 Å². The molecule has 0 radical (unpaired) electrons. The lowest BCUT2D eigenvalue weighted by atomic mass is 9.91. The van der Waals surface area contributed by atoms with E-state index in [1.807, 2.05) is 48.5 Å². The molecule has 0 saturated carbocycles. The predicted octanol–water partition coefficient (Wildman–Crippen LogP) is 4.66. The Morgan fingerprint density at radius 2 is 1.86 bits per heavy atom. The molecule has 0 aliphatic carbocycles. The van der Waals surface area contributed by atoms with Crippen LogP contribution in [0.25, 0.3) is 10.9 Å². The van der Waals surface area contributed by atoms with E-state index in [9.17, 15) is 4.79 Å². The molecule has 1 aliphatic heterocycles. The number of aromatic nitrogens is 1. The summed E-state index contributed by atoms with van der Waals surface area (Å²) < 4.78 is 5.54. The normalized spacial score (nSPS) is 13.7. The van der Waals surface area contributed by atoms with Gasteiger partial charge in [0.25, 0.3) is 5.91 Å². The molecule has 2 heterocycles. The highest BCUT2D eigenvalue weighted by Crippen LogP contribution is 2.31. The summed E-state index contributed by atoms with van der Waals surface area (Å²) in [6.07, 6.45) is 2.92. The van der Waals surface area contributed by atoms with Crippen LogP contribution >= 0.6 is 0 Å². The van der Waals surface area contributed by atoms with Crippen molar-refractivity contribution in [3.63, 3.8) is 0 Å². The van der Waals surface area contributed by atoms with Gasteiger partial charge in [-0.15, -0.1) is 0 Å². The van der Waals surface area contributed by atoms with Gasteiger partial charge in [0.1, 0.15) is 5.75 Å². The van der Waals surface area contributed by atoms with Crippen molar-refractivity contribution >= 4 is 16.8 Å². The number of hydrogen-bond donors (Lipinski definition) is 2. The average Bonchev–Trinajstić information content (AvgIpc) is 3.41. The Morgan fingerprint density at radius 1 is 1.03 bits per heavy atom. The number of aromatic amines is 1. The van der Waals surface area contributed by atoms with Gasteiger partial charge in [0.15, 0.2) is 0 Å². The first kappa shape index (κ1) is 17.6. The summed E-state index contributed by atoms with van der Waals surface area (Å²) in [5.74, 6) is 0.900. The van der Waals surface area contributed by atoms with Crippen LogP contribution in [0.2, 0.25) is 0 Å². The molecule has 1 atom stereocenters. The van der Waals surface area contributed by atoms with E-state index in [-0.39, 0.29) is 11.8 Å². The third-order valence-corrected chi connectivity index (χ3v) is 5.62. The van der Waals surface area contributed by atoms with E-state index in [2.05, 4.69) is 40.8 Å². The number of amides is 1. The van der Waals surface area contributed by atoms with Crippen LogP contribution in [0.4, 0.5) is 0 Å². The highest BCUT2D eigenvalue weighted by atomic mass is 16.5. The number of benzene rings is 3. The third-order valence-electron chi connectivity index (χ3n) is 5.62. The van der Waals surface area contributed by atoms with Crippen molar-refractivity contribution in [2.45, 2.75) is 12.3 Å². The van der Waals surface area contributed by atoms with Gasteiger partial charge in [0.2, 0.25) is 0 Å². The minimum absolute atomic E-state index is 0.0551. The second kappa shape index (κ2) is 7.47. The second-order valence-corrected chi connectivity index (χ2v) is 7.38. The van der Waals surface area contributed by atoms with Gasteiger partial charge in [-0.2, -0.15) is 0 Å². The summed E-state index contributed by atoms with van der Waals surface area (Å²) in [5, 5.41) is 4.33. The lowest BCUT2D eigenvalue weighted by Crippen LogP contribution is -2.29. The van der Waals surface area contributed by atoms with Crippen LogP contribution in [-0.2, 0) is 6.42 Å². The summed E-state index contributed by atoms with van der Waals surface area (Å²) in [6, 6.07) is 24.3. The van der Waals surface area contributed by atoms with Crippen molar-refractivity contribution in [1.82, 2.24) is 10.3 Å². The molecule has 0 saturated heterocycles. The molecule has 0 unspecified atom stereocenters. The lowest BCUT2D eigenvalue weighted by molar-refractivity contribution is 0.0952. The van der Waals surface area contributed by atoms with Crippen LogP contribution in [0.1, 0.15) is 33.0 Å². The molecule has 0 fully saturated rings. The van der Waals surface area contributed by atoms with Gasteiger partial charge in [-0.1, -0.05) is 48.5 Å². The molecule has 4 heteroatoms. The first-order valence-electron chi connectivity index (χ1n) is 9.94. The van der Waals surface area contributed by atoms with E-state index in [0.717, 1.165) is 23.3 Å². The largest absolute Gasteiger partial charge is 0.493 e. The Labute approximate surface area is 169 Å². The van der Waals surface area contributed by atoms with Gasteiger partial charge in [-0.05, 0) is 41.0 Å². The number of carbonyl (C=O) groups excluding carboxylic acids is 1. The van der Waals surface area contributed by atoms with Crippen LogP contribution in [-0.4, -0.2) is 24.0 Å². The van der Waals surface area contributed by atoms with Crippen LogP contribution in [0, 0.1) is 0 Å². The Hall–Kier alpha value is -3.53. The van der Waals surface area contributed by atoms with Crippen molar-refractivity contribution in [2.75, 3.05) is 13.2 Å². The summed E-state index contributed by atoms with van der Waals surface area (Å²) in [6.45, 7) is 1.22. The van der Waals surface area contributed by atoms with Crippen LogP contribution < -0.4 is 10.1 Å². The summed E-state index contributed by atoms with van der Waals surface area (Å²) in [5.41, 5.74) is 5.26. The van der Waals surface area contributed by atoms with Crippen molar-refractivity contribution in [2.24, 2.45) is 0 Å². The smallest absolute Gasteiger partial charge is 0.251 e. The molecule has 0 bridgehead atoms. The first-order chi connectivity index (χ1) is 14.3. The van der Waals surface area contributed by atoms with Crippen molar-refractivity contribution < 1.29 is 9.53 Å². The standard InChI is InChI=1S/C25H22N2O2/c28-25(19-10-11-24-18(14-19)12-13-29-24)27-15-21(17-6-2-1-3-7-17)22-16-26-23-9-5-4-8-20(22)23/h1-11,14,16,21,26H,12-13,15H2,(H,27,28)/t21-/m0/s1. The third kappa shape index (κ3) is 3.38. The molecule has 4 nitrogen and oxygen atoms in total. The fraction of sp³-hybridized carbons (Fsp3) is 0.160. The molecule has 1 aliphatic rings. The number of nitrogens with one attached hydrogen (secondary N) is 2. The molecule has 1 amide bonds. The fourth-order valence-electron chi connectivity index (χ4n) is 4.10. The predicted molar refractivity (Wildman–Crippen MR) is 115 cm³/mol. The summed E-state index contributed by atoms with van der Waals surface area (Å²) in [7, 11) is 0. The SMILES string of the molecule is O=C(NC[C@@H](c1ccccc1)c1c[nH]c2ccccc12)c1ccc2c(c1)CCO2. The Kier molecular flexibility index (Phi) is 4.53. The minimum atomic E-state index is -0.0551. The Bertz CT molecular complexity index is 1160. The quantitative estimate of drug-likeness (QED) is 0.527. The maximum atomic E-state index is 12.9. The van der Waals surface area contributed by atoms with E-state index in [1.165, 1.54) is 16.5 Å². The van der Waals surface area contributed by atoms with Gasteiger partial charge in [0, 0.05) is 41.5 Å². The monoisotopic (exact) mass is 382 g/mol. The van der Waals surface area contributed by atoms with Crippen molar-refractivity contribution in [3.8, 4) is 5.75 Å². The molecule has 5 rings (SSSR count). The minimum Gasteiger partial charge on any atom is -0.493 e. The number of carbonyl (C=O) groups is 1. The van der Waals surface area contributed by atoms with Gasteiger partial charge in [-0.3, -0.25) is 4.79 Å². The van der Waals surface area contributed by atoms with E-state index in [0.29, 0.717) is 18.7 Å². The molecule has 29 heavy (non-hydrogen) atoms. The molecule has 144 valence electrons. The highest BCUT2D eigenvalue weighted by molar-refractivity contribution is 5.94. The maximum Gasteiger partial charge on any atom is 0.251 e. The summed E-state index contributed by atoms with van der Waals surface area (Å²) >= 11 is 0. The van der Waals surface area contributed by atoms with Crippen LogP contribution in [0.15, 0.2) is 79.0 Å². The molecule has 0 spiro atoms. The van der Waals surface area contributed by atoms with Crippen LogP contribution in [0.3, 0.4) is 0 Å². The Morgan fingerprint density at radius 3 is 2.76 bits per heavy atom. The van der Waals surface area contributed by atoms with E-state index in [1.54, 1.807) is 0 Å².